The van der Waals surface area contributed by atoms with Crippen molar-refractivity contribution < 1.29 is 18.0 Å². The normalized spacial score (nSPS) is 11.9. The van der Waals surface area contributed by atoms with Crippen molar-refractivity contribution in [3.05, 3.63) is 130 Å². The standard InChI is InChI=1S/C31H29Cl2N3O4S/c1-34-31(38)29(20-23-12-5-2-6-13-23)35(21-26-27(32)18-11-19-28(26)33)30(37)22-36(24-14-7-3-8-15-24)41(39,40)25-16-9-4-10-17-25/h2-19,29H,20-22H2,1H3,(H,34,38)/t29-/m1/s1. The lowest BCUT2D eigenvalue weighted by Crippen LogP contribution is -2.53. The highest BCUT2D eigenvalue weighted by Gasteiger charge is 2.34. The van der Waals surface area contributed by atoms with Gasteiger partial charge in [0.25, 0.3) is 10.0 Å². The Hall–Kier alpha value is -3.85. The van der Waals surface area contributed by atoms with Crippen LogP contribution in [0.3, 0.4) is 0 Å². The summed E-state index contributed by atoms with van der Waals surface area (Å²) in [7, 11) is -2.66. The molecule has 0 saturated heterocycles. The van der Waals surface area contributed by atoms with Crippen molar-refractivity contribution >= 4 is 50.7 Å². The Morgan fingerprint density at radius 2 is 1.32 bits per heavy atom. The first-order valence-electron chi connectivity index (χ1n) is 12.8. The number of nitrogens with one attached hydrogen (secondary N) is 1. The topological polar surface area (TPSA) is 86.8 Å². The molecule has 212 valence electrons. The van der Waals surface area contributed by atoms with Crippen LogP contribution in [0, 0.1) is 0 Å². The summed E-state index contributed by atoms with van der Waals surface area (Å²) in [5.41, 5.74) is 1.57. The Balaban J connectivity index is 1.80. The molecule has 0 saturated carbocycles. The molecule has 0 unspecified atom stereocenters. The molecule has 0 aliphatic heterocycles. The van der Waals surface area contributed by atoms with E-state index in [0.29, 0.717) is 21.3 Å². The van der Waals surface area contributed by atoms with Crippen molar-refractivity contribution in [2.24, 2.45) is 0 Å². The first-order chi connectivity index (χ1) is 19.7. The molecule has 0 aliphatic rings. The quantitative estimate of drug-likeness (QED) is 0.241. The molecule has 10 heteroatoms. The summed E-state index contributed by atoms with van der Waals surface area (Å²) >= 11 is 13.0. The number of carbonyl (C=O) groups is 2. The van der Waals surface area contributed by atoms with Gasteiger partial charge < -0.3 is 10.2 Å². The van der Waals surface area contributed by atoms with Crippen molar-refractivity contribution in [2.45, 2.75) is 23.9 Å². The van der Waals surface area contributed by atoms with Gasteiger partial charge >= 0.3 is 0 Å². The number of sulfonamides is 1. The van der Waals surface area contributed by atoms with Crippen molar-refractivity contribution in [2.75, 3.05) is 17.9 Å². The second-order valence-electron chi connectivity index (χ2n) is 9.20. The number of nitrogens with zero attached hydrogens (tertiary/aromatic N) is 2. The fourth-order valence-corrected chi connectivity index (χ4v) is 6.37. The predicted molar refractivity (Wildman–Crippen MR) is 162 cm³/mol. The second-order valence-corrected chi connectivity index (χ2v) is 11.9. The number of halogens is 2. The van der Waals surface area contributed by atoms with E-state index in [-0.39, 0.29) is 17.9 Å². The van der Waals surface area contributed by atoms with Gasteiger partial charge in [0.05, 0.1) is 10.6 Å². The number of likely N-dealkylation sites (N-methyl/N-ethyl adjacent to an activating group) is 1. The molecule has 1 atom stereocenters. The SMILES string of the molecule is CNC(=O)[C@@H](Cc1ccccc1)N(Cc1c(Cl)cccc1Cl)C(=O)CN(c1ccccc1)S(=O)(=O)c1ccccc1. The minimum atomic E-state index is -4.15. The molecular weight excluding hydrogens is 581 g/mol. The Kier molecular flexibility index (Phi) is 10.0. The van der Waals surface area contributed by atoms with Crippen LogP contribution in [-0.4, -0.2) is 44.8 Å². The van der Waals surface area contributed by atoms with E-state index in [2.05, 4.69) is 5.32 Å². The highest BCUT2D eigenvalue weighted by molar-refractivity contribution is 7.92. The summed E-state index contributed by atoms with van der Waals surface area (Å²) < 4.78 is 28.7. The molecule has 0 spiro atoms. The number of hydrogen-bond donors (Lipinski definition) is 1. The highest BCUT2D eigenvalue weighted by atomic mass is 35.5. The second kappa shape index (κ2) is 13.7. The summed E-state index contributed by atoms with van der Waals surface area (Å²) in [5.74, 6) is -1.02. The lowest BCUT2D eigenvalue weighted by atomic mass is 10.0. The molecule has 0 radical (unpaired) electrons. The van der Waals surface area contributed by atoms with E-state index < -0.39 is 34.4 Å². The van der Waals surface area contributed by atoms with Crippen LogP contribution in [0.1, 0.15) is 11.1 Å². The van der Waals surface area contributed by atoms with Crippen LogP contribution in [0.15, 0.2) is 114 Å². The van der Waals surface area contributed by atoms with E-state index in [1.165, 1.54) is 24.1 Å². The summed E-state index contributed by atoms with van der Waals surface area (Å²) in [6.07, 6.45) is 0.186. The van der Waals surface area contributed by atoms with E-state index >= 15 is 0 Å². The molecule has 0 fully saturated rings. The number of para-hydroxylation sites is 1. The van der Waals surface area contributed by atoms with Crippen LogP contribution in [0.2, 0.25) is 10.0 Å². The first kappa shape index (κ1) is 30.1. The number of rotatable bonds is 11. The molecule has 0 bridgehead atoms. The summed E-state index contributed by atoms with van der Waals surface area (Å²) in [4.78, 5) is 28.9. The molecule has 4 aromatic rings. The molecule has 4 aromatic carbocycles. The van der Waals surface area contributed by atoms with Gasteiger partial charge in [0, 0.05) is 35.6 Å². The van der Waals surface area contributed by atoms with Gasteiger partial charge in [-0.3, -0.25) is 13.9 Å². The molecule has 1 N–H and O–H groups in total. The number of amides is 2. The zero-order valence-corrected chi connectivity index (χ0v) is 24.6. The van der Waals surface area contributed by atoms with Gasteiger partial charge in [-0.25, -0.2) is 8.42 Å². The molecule has 0 heterocycles. The van der Waals surface area contributed by atoms with Crippen LogP contribution in [0.4, 0.5) is 5.69 Å². The third kappa shape index (κ3) is 7.27. The van der Waals surface area contributed by atoms with Gasteiger partial charge in [-0.05, 0) is 42.0 Å². The molecule has 2 amide bonds. The maximum absolute atomic E-state index is 14.2. The average Bonchev–Trinajstić information content (AvgIpc) is 2.99. The van der Waals surface area contributed by atoms with Crippen LogP contribution in [0.25, 0.3) is 0 Å². The van der Waals surface area contributed by atoms with Crippen molar-refractivity contribution in [1.29, 1.82) is 0 Å². The van der Waals surface area contributed by atoms with Gasteiger partial charge in [-0.15, -0.1) is 0 Å². The Morgan fingerprint density at radius 1 is 0.780 bits per heavy atom. The molecule has 0 aromatic heterocycles. The minimum Gasteiger partial charge on any atom is -0.357 e. The Morgan fingerprint density at radius 3 is 1.88 bits per heavy atom. The molecular formula is C31H29Cl2N3O4S. The van der Waals surface area contributed by atoms with Crippen LogP contribution >= 0.6 is 23.2 Å². The fourth-order valence-electron chi connectivity index (χ4n) is 4.42. The van der Waals surface area contributed by atoms with Crippen molar-refractivity contribution in [3.63, 3.8) is 0 Å². The summed E-state index contributed by atoms with van der Waals surface area (Å²) in [5, 5.41) is 3.29. The summed E-state index contributed by atoms with van der Waals surface area (Å²) in [6.45, 7) is -0.679. The van der Waals surface area contributed by atoms with E-state index in [9.17, 15) is 18.0 Å². The number of anilines is 1. The van der Waals surface area contributed by atoms with Gasteiger partial charge in [-0.2, -0.15) is 0 Å². The predicted octanol–water partition coefficient (Wildman–Crippen LogP) is 5.57. The molecule has 0 aliphatic carbocycles. The lowest BCUT2D eigenvalue weighted by molar-refractivity contribution is -0.139. The largest absolute Gasteiger partial charge is 0.357 e. The third-order valence-electron chi connectivity index (χ3n) is 6.56. The number of hydrogen-bond acceptors (Lipinski definition) is 4. The number of carbonyl (C=O) groups excluding carboxylic acids is 2. The Labute approximate surface area is 250 Å². The Bertz CT molecular complexity index is 1570. The first-order valence-corrected chi connectivity index (χ1v) is 15.0. The monoisotopic (exact) mass is 609 g/mol. The highest BCUT2D eigenvalue weighted by Crippen LogP contribution is 2.29. The van der Waals surface area contributed by atoms with Crippen LogP contribution in [0.5, 0.6) is 0 Å². The molecule has 41 heavy (non-hydrogen) atoms. The fraction of sp³-hybridized carbons (Fsp3) is 0.161. The van der Waals surface area contributed by atoms with Gasteiger partial charge in [0.2, 0.25) is 11.8 Å². The third-order valence-corrected chi connectivity index (χ3v) is 9.06. The maximum Gasteiger partial charge on any atom is 0.264 e. The summed E-state index contributed by atoms with van der Waals surface area (Å²) in [6, 6.07) is 29.5. The zero-order valence-electron chi connectivity index (χ0n) is 22.3. The molecule has 7 nitrogen and oxygen atoms in total. The van der Waals surface area contributed by atoms with Gasteiger partial charge in [0.1, 0.15) is 12.6 Å². The van der Waals surface area contributed by atoms with Crippen LogP contribution in [-0.2, 0) is 32.6 Å². The maximum atomic E-state index is 14.2. The van der Waals surface area contributed by atoms with Gasteiger partial charge in [0.15, 0.2) is 0 Å². The van der Waals surface area contributed by atoms with E-state index in [1.54, 1.807) is 66.7 Å². The van der Waals surface area contributed by atoms with Crippen molar-refractivity contribution in [1.82, 2.24) is 10.2 Å². The molecule has 4 rings (SSSR count). The van der Waals surface area contributed by atoms with Crippen LogP contribution < -0.4 is 9.62 Å². The zero-order chi connectivity index (χ0) is 29.4. The van der Waals surface area contributed by atoms with E-state index in [1.807, 2.05) is 30.3 Å². The minimum absolute atomic E-state index is 0.0319. The lowest BCUT2D eigenvalue weighted by Gasteiger charge is -2.34. The van der Waals surface area contributed by atoms with E-state index in [4.69, 9.17) is 23.2 Å². The van der Waals surface area contributed by atoms with Gasteiger partial charge in [-0.1, -0.05) is 96.0 Å². The van der Waals surface area contributed by atoms with Crippen molar-refractivity contribution in [3.8, 4) is 0 Å². The van der Waals surface area contributed by atoms with E-state index in [0.717, 1.165) is 9.87 Å². The number of benzene rings is 4. The average molecular weight is 611 g/mol. The smallest absolute Gasteiger partial charge is 0.264 e.